The van der Waals surface area contributed by atoms with Crippen LogP contribution >= 0.6 is 51.5 Å². The lowest BCUT2D eigenvalue weighted by molar-refractivity contribution is 0.282. The second kappa shape index (κ2) is 11.8. The maximum Gasteiger partial charge on any atom is 0.175 e. The number of rotatable bonds is 8. The third-order valence-electron chi connectivity index (χ3n) is 4.59. The van der Waals surface area contributed by atoms with E-state index in [0.29, 0.717) is 34.7 Å². The largest absolute Gasteiger partial charge is 0.493 e. The van der Waals surface area contributed by atoms with Gasteiger partial charge in [-0.3, -0.25) is 0 Å². The fourth-order valence-corrected chi connectivity index (χ4v) is 4.00. The van der Waals surface area contributed by atoms with Crippen LogP contribution in [0, 0.1) is 0 Å². The van der Waals surface area contributed by atoms with Crippen molar-refractivity contribution in [3.8, 4) is 11.5 Å². The van der Waals surface area contributed by atoms with E-state index in [4.69, 9.17) is 32.7 Å². The second-order valence-electron chi connectivity index (χ2n) is 6.65. The molecule has 3 aromatic rings. The van der Waals surface area contributed by atoms with Crippen LogP contribution in [0.4, 0.5) is 0 Å². The van der Waals surface area contributed by atoms with Gasteiger partial charge in [0.1, 0.15) is 6.61 Å². The lowest BCUT2D eigenvalue weighted by atomic mass is 10.1. The fraction of sp³-hybridized carbons (Fsp3) is 0.217. The summed E-state index contributed by atoms with van der Waals surface area (Å²) in [6, 6.07) is 20.0. The molecule has 3 aromatic carbocycles. The van der Waals surface area contributed by atoms with E-state index in [1.807, 2.05) is 36.4 Å². The first-order chi connectivity index (χ1) is 14.0. The van der Waals surface area contributed by atoms with Crippen LogP contribution in [-0.2, 0) is 13.2 Å². The highest BCUT2D eigenvalue weighted by Gasteiger charge is 2.14. The van der Waals surface area contributed by atoms with Crippen molar-refractivity contribution < 1.29 is 9.47 Å². The Morgan fingerprint density at radius 1 is 1.03 bits per heavy atom. The molecule has 7 heteroatoms. The normalized spacial score (nSPS) is 11.5. The van der Waals surface area contributed by atoms with Crippen LogP contribution in [0.15, 0.2) is 65.1 Å². The van der Waals surface area contributed by atoms with Gasteiger partial charge in [0.05, 0.1) is 11.6 Å². The summed E-state index contributed by atoms with van der Waals surface area (Å²) in [6.07, 6.45) is 0. The summed E-state index contributed by atoms with van der Waals surface area (Å²) in [4.78, 5) is 0. The molecule has 3 nitrogen and oxygen atoms in total. The average Bonchev–Trinajstić information content (AvgIpc) is 2.72. The van der Waals surface area contributed by atoms with E-state index in [1.165, 1.54) is 5.56 Å². The Labute approximate surface area is 202 Å². The number of halogens is 4. The van der Waals surface area contributed by atoms with Crippen LogP contribution in [-0.4, -0.2) is 7.11 Å². The maximum absolute atomic E-state index is 6.24. The van der Waals surface area contributed by atoms with Crippen LogP contribution in [0.5, 0.6) is 11.5 Å². The van der Waals surface area contributed by atoms with Gasteiger partial charge in [-0.15, -0.1) is 12.4 Å². The van der Waals surface area contributed by atoms with Crippen LogP contribution in [0.1, 0.15) is 29.7 Å². The van der Waals surface area contributed by atoms with Gasteiger partial charge in [0.15, 0.2) is 11.5 Å². The minimum Gasteiger partial charge on any atom is -0.493 e. The number of hydrogen-bond acceptors (Lipinski definition) is 3. The summed E-state index contributed by atoms with van der Waals surface area (Å²) in [5.74, 6) is 1.30. The van der Waals surface area contributed by atoms with Gasteiger partial charge in [-0.1, -0.05) is 59.6 Å². The first-order valence-corrected chi connectivity index (χ1v) is 10.7. The van der Waals surface area contributed by atoms with Crippen LogP contribution in [0.3, 0.4) is 0 Å². The van der Waals surface area contributed by atoms with Crippen molar-refractivity contribution in [2.75, 3.05) is 7.11 Å². The molecular formula is C23H23BrCl3NO2. The molecule has 1 unspecified atom stereocenters. The van der Waals surface area contributed by atoms with Crippen molar-refractivity contribution in [2.45, 2.75) is 26.1 Å². The lowest BCUT2D eigenvalue weighted by Gasteiger charge is -2.17. The minimum atomic E-state index is 0. The van der Waals surface area contributed by atoms with Gasteiger partial charge in [-0.25, -0.2) is 0 Å². The van der Waals surface area contributed by atoms with E-state index in [0.717, 1.165) is 15.6 Å². The summed E-state index contributed by atoms with van der Waals surface area (Å²) < 4.78 is 12.4. The third-order valence-corrected chi connectivity index (χ3v) is 5.76. The monoisotopic (exact) mass is 529 g/mol. The predicted molar refractivity (Wildman–Crippen MR) is 130 cm³/mol. The summed E-state index contributed by atoms with van der Waals surface area (Å²) in [5, 5.41) is 4.71. The standard InChI is InChI=1S/C23H22BrCl2NO2.ClH/c1-15(17-6-4-3-5-7-17)27-13-16-10-20(24)23(22(11-16)28-2)29-14-18-8-9-19(25)12-21(18)26;/h3-12,15,27H,13-14H2,1-2H3;1H. The lowest BCUT2D eigenvalue weighted by Crippen LogP contribution is -2.18. The molecule has 0 radical (unpaired) electrons. The first kappa shape index (κ1) is 24.8. The SMILES string of the molecule is COc1cc(CNC(C)c2ccccc2)cc(Br)c1OCc1ccc(Cl)cc1Cl.Cl. The van der Waals surface area contributed by atoms with Crippen LogP contribution < -0.4 is 14.8 Å². The molecule has 0 aliphatic heterocycles. The molecule has 160 valence electrons. The molecule has 0 fully saturated rings. The number of methoxy groups -OCH3 is 1. The minimum absolute atomic E-state index is 0. The van der Waals surface area contributed by atoms with E-state index in [1.54, 1.807) is 19.2 Å². The summed E-state index contributed by atoms with van der Waals surface area (Å²) in [6.45, 7) is 3.16. The number of benzene rings is 3. The Morgan fingerprint density at radius 3 is 2.43 bits per heavy atom. The molecule has 0 amide bonds. The molecule has 3 rings (SSSR count). The van der Waals surface area contributed by atoms with Gasteiger partial charge < -0.3 is 14.8 Å². The summed E-state index contributed by atoms with van der Waals surface area (Å²) in [7, 11) is 1.63. The smallest absolute Gasteiger partial charge is 0.175 e. The van der Waals surface area contributed by atoms with Crippen LogP contribution in [0.25, 0.3) is 0 Å². The topological polar surface area (TPSA) is 30.5 Å². The Balaban J connectivity index is 0.00000320. The first-order valence-electron chi connectivity index (χ1n) is 9.19. The van der Waals surface area contributed by atoms with Gasteiger partial charge in [-0.05, 0) is 58.2 Å². The third kappa shape index (κ3) is 6.53. The van der Waals surface area contributed by atoms with Gasteiger partial charge in [-0.2, -0.15) is 0 Å². The van der Waals surface area contributed by atoms with Gasteiger partial charge in [0.25, 0.3) is 0 Å². The van der Waals surface area contributed by atoms with Gasteiger partial charge in [0.2, 0.25) is 0 Å². The van der Waals surface area contributed by atoms with E-state index in [-0.39, 0.29) is 18.4 Å². The van der Waals surface area contributed by atoms with Crippen molar-refractivity contribution in [2.24, 2.45) is 0 Å². The van der Waals surface area contributed by atoms with Crippen molar-refractivity contribution in [1.82, 2.24) is 5.32 Å². The molecule has 0 saturated heterocycles. The molecule has 0 bridgehead atoms. The van der Waals surface area contributed by atoms with Crippen LogP contribution in [0.2, 0.25) is 10.0 Å². The van der Waals surface area contributed by atoms with Gasteiger partial charge in [0, 0.05) is 28.2 Å². The van der Waals surface area contributed by atoms with E-state index < -0.39 is 0 Å². The van der Waals surface area contributed by atoms with Crippen molar-refractivity contribution >= 4 is 51.5 Å². The van der Waals surface area contributed by atoms with Gasteiger partial charge >= 0.3 is 0 Å². The van der Waals surface area contributed by atoms with E-state index in [9.17, 15) is 0 Å². The summed E-state index contributed by atoms with van der Waals surface area (Å²) in [5.41, 5.74) is 3.19. The molecule has 0 saturated carbocycles. The molecule has 0 aliphatic carbocycles. The van der Waals surface area contributed by atoms with E-state index in [2.05, 4.69) is 40.3 Å². The molecule has 0 aromatic heterocycles. The highest BCUT2D eigenvalue weighted by molar-refractivity contribution is 9.10. The average molecular weight is 532 g/mol. The van der Waals surface area contributed by atoms with Crippen molar-refractivity contribution in [1.29, 1.82) is 0 Å². The molecule has 30 heavy (non-hydrogen) atoms. The number of ether oxygens (including phenoxy) is 2. The Morgan fingerprint density at radius 2 is 1.77 bits per heavy atom. The molecule has 1 atom stereocenters. The zero-order valence-corrected chi connectivity index (χ0v) is 20.5. The Kier molecular flexibility index (Phi) is 9.79. The molecular weight excluding hydrogens is 509 g/mol. The van der Waals surface area contributed by atoms with Crippen molar-refractivity contribution in [3.63, 3.8) is 0 Å². The molecule has 0 heterocycles. The zero-order valence-electron chi connectivity index (χ0n) is 16.6. The Bertz CT molecular complexity index is 970. The quantitative estimate of drug-likeness (QED) is 0.324. The predicted octanol–water partition coefficient (Wildman–Crippen LogP) is 7.62. The Hall–Kier alpha value is -1.43. The number of nitrogens with one attached hydrogen (secondary N) is 1. The maximum atomic E-state index is 6.24. The summed E-state index contributed by atoms with van der Waals surface area (Å²) >= 11 is 15.8. The molecule has 1 N–H and O–H groups in total. The molecule has 0 spiro atoms. The second-order valence-corrected chi connectivity index (χ2v) is 8.34. The van der Waals surface area contributed by atoms with Crippen molar-refractivity contribution in [3.05, 3.63) is 91.9 Å². The fourth-order valence-electron chi connectivity index (χ4n) is 2.93. The number of hydrogen-bond donors (Lipinski definition) is 1. The molecule has 0 aliphatic rings. The van der Waals surface area contributed by atoms with E-state index >= 15 is 0 Å². The zero-order chi connectivity index (χ0) is 20.8. The highest BCUT2D eigenvalue weighted by atomic mass is 79.9. The highest BCUT2D eigenvalue weighted by Crippen LogP contribution is 2.37.